The average Bonchev–Trinajstić information content (AvgIpc) is 2.45. The number of carbonyl (C=O) groups is 2. The van der Waals surface area contributed by atoms with Gasteiger partial charge in [0.25, 0.3) is 0 Å². The van der Waals surface area contributed by atoms with Crippen LogP contribution in [0.3, 0.4) is 0 Å². The minimum Gasteiger partial charge on any atom is -0.476 e. The number of aromatic nitrogens is 2. The van der Waals surface area contributed by atoms with Crippen LogP contribution in [0.2, 0.25) is 0 Å². The van der Waals surface area contributed by atoms with Crippen LogP contribution in [0.25, 0.3) is 10.9 Å². The molecule has 0 spiro atoms. The van der Waals surface area contributed by atoms with Gasteiger partial charge in [-0.25, -0.2) is 9.59 Å². The summed E-state index contributed by atoms with van der Waals surface area (Å²) in [6.45, 7) is 3.43. The molecule has 102 valence electrons. The van der Waals surface area contributed by atoms with Gasteiger partial charge in [-0.05, 0) is 6.07 Å². The SMILES string of the molecule is C=CCOC(=O)Nc1c(C(=O)O)nnc2ccccc12. The van der Waals surface area contributed by atoms with Crippen LogP contribution < -0.4 is 5.32 Å². The molecule has 0 radical (unpaired) electrons. The highest BCUT2D eigenvalue weighted by Gasteiger charge is 2.18. The van der Waals surface area contributed by atoms with Gasteiger partial charge in [-0.2, -0.15) is 0 Å². The molecule has 20 heavy (non-hydrogen) atoms. The van der Waals surface area contributed by atoms with E-state index in [9.17, 15) is 9.59 Å². The van der Waals surface area contributed by atoms with E-state index in [0.29, 0.717) is 10.9 Å². The lowest BCUT2D eigenvalue weighted by atomic mass is 10.1. The Balaban J connectivity index is 2.47. The highest BCUT2D eigenvalue weighted by Crippen LogP contribution is 2.24. The number of hydrogen-bond donors (Lipinski definition) is 2. The number of nitrogens with one attached hydrogen (secondary N) is 1. The van der Waals surface area contributed by atoms with Crippen LogP contribution >= 0.6 is 0 Å². The molecular formula is C13H11N3O4. The third-order valence-electron chi connectivity index (χ3n) is 2.43. The first kappa shape index (κ1) is 13.5. The lowest BCUT2D eigenvalue weighted by Crippen LogP contribution is -2.18. The van der Waals surface area contributed by atoms with Crippen LogP contribution in [-0.4, -0.2) is 34.0 Å². The van der Waals surface area contributed by atoms with Crippen LogP contribution in [0, 0.1) is 0 Å². The molecule has 1 aromatic heterocycles. The van der Waals surface area contributed by atoms with Crippen molar-refractivity contribution < 1.29 is 19.4 Å². The summed E-state index contributed by atoms with van der Waals surface area (Å²) in [5.41, 5.74) is 0.174. The van der Waals surface area contributed by atoms with Gasteiger partial charge in [-0.1, -0.05) is 30.9 Å². The van der Waals surface area contributed by atoms with E-state index in [1.54, 1.807) is 24.3 Å². The number of carbonyl (C=O) groups excluding carboxylic acids is 1. The molecule has 0 aliphatic rings. The summed E-state index contributed by atoms with van der Waals surface area (Å²) in [6.07, 6.45) is 0.617. The minimum atomic E-state index is -1.29. The van der Waals surface area contributed by atoms with E-state index in [-0.39, 0.29) is 18.0 Å². The van der Waals surface area contributed by atoms with E-state index in [0.717, 1.165) is 0 Å². The highest BCUT2D eigenvalue weighted by molar-refractivity contribution is 6.06. The number of hydrogen-bond acceptors (Lipinski definition) is 5. The largest absolute Gasteiger partial charge is 0.476 e. The van der Waals surface area contributed by atoms with Gasteiger partial charge in [0, 0.05) is 5.39 Å². The summed E-state index contributed by atoms with van der Waals surface area (Å²) in [5, 5.41) is 19.3. The second-order valence-corrected chi connectivity index (χ2v) is 3.76. The Morgan fingerprint density at radius 1 is 1.35 bits per heavy atom. The standard InChI is InChI=1S/C13H11N3O4/c1-2-7-20-13(19)14-10-8-5-3-4-6-9(8)15-16-11(10)12(17)18/h2-6H,1,7H2,(H,17,18)(H,14,15,19). The van der Waals surface area contributed by atoms with Crippen molar-refractivity contribution in [2.45, 2.75) is 0 Å². The van der Waals surface area contributed by atoms with Crippen molar-refractivity contribution in [3.8, 4) is 0 Å². The lowest BCUT2D eigenvalue weighted by molar-refractivity contribution is 0.0690. The smallest absolute Gasteiger partial charge is 0.412 e. The molecule has 2 N–H and O–H groups in total. The number of carboxylic acids is 1. The topological polar surface area (TPSA) is 101 Å². The maximum Gasteiger partial charge on any atom is 0.412 e. The van der Waals surface area contributed by atoms with Gasteiger partial charge in [-0.15, -0.1) is 10.2 Å². The van der Waals surface area contributed by atoms with Crippen LogP contribution in [-0.2, 0) is 4.74 Å². The van der Waals surface area contributed by atoms with Gasteiger partial charge in [0.2, 0.25) is 0 Å². The monoisotopic (exact) mass is 273 g/mol. The fourth-order valence-electron chi connectivity index (χ4n) is 1.60. The van der Waals surface area contributed by atoms with Crippen molar-refractivity contribution >= 4 is 28.7 Å². The number of aromatic carboxylic acids is 1. The molecule has 2 aromatic rings. The second-order valence-electron chi connectivity index (χ2n) is 3.76. The summed E-state index contributed by atoms with van der Waals surface area (Å²) in [6, 6.07) is 6.74. The first-order valence-electron chi connectivity index (χ1n) is 5.67. The fourth-order valence-corrected chi connectivity index (χ4v) is 1.60. The van der Waals surface area contributed by atoms with Gasteiger partial charge in [0.15, 0.2) is 5.69 Å². The number of benzene rings is 1. The Bertz CT molecular complexity index is 684. The van der Waals surface area contributed by atoms with Gasteiger partial charge >= 0.3 is 12.1 Å². The second kappa shape index (κ2) is 5.79. The molecule has 1 heterocycles. The van der Waals surface area contributed by atoms with E-state index in [1.807, 2.05) is 0 Å². The van der Waals surface area contributed by atoms with Crippen molar-refractivity contribution in [3.63, 3.8) is 0 Å². The summed E-state index contributed by atoms with van der Waals surface area (Å²) in [4.78, 5) is 22.7. The van der Waals surface area contributed by atoms with Crippen molar-refractivity contribution in [3.05, 3.63) is 42.6 Å². The van der Waals surface area contributed by atoms with Crippen molar-refractivity contribution in [2.75, 3.05) is 11.9 Å². The van der Waals surface area contributed by atoms with Gasteiger partial charge < -0.3 is 9.84 Å². The highest BCUT2D eigenvalue weighted by atomic mass is 16.5. The predicted molar refractivity (Wildman–Crippen MR) is 71.7 cm³/mol. The van der Waals surface area contributed by atoms with Gasteiger partial charge in [-0.3, -0.25) is 5.32 Å². The first-order valence-corrected chi connectivity index (χ1v) is 5.67. The third-order valence-corrected chi connectivity index (χ3v) is 2.43. The maximum atomic E-state index is 11.6. The van der Waals surface area contributed by atoms with Crippen molar-refractivity contribution in [1.82, 2.24) is 10.2 Å². The summed E-state index contributed by atoms with van der Waals surface area (Å²) < 4.78 is 4.77. The minimum absolute atomic E-state index is 0.0185. The molecular weight excluding hydrogens is 262 g/mol. The zero-order valence-electron chi connectivity index (χ0n) is 10.4. The Hall–Kier alpha value is -2.96. The van der Waals surface area contributed by atoms with Crippen molar-refractivity contribution in [1.29, 1.82) is 0 Å². The zero-order valence-corrected chi connectivity index (χ0v) is 10.4. The summed E-state index contributed by atoms with van der Waals surface area (Å²) >= 11 is 0. The number of nitrogens with zero attached hydrogens (tertiary/aromatic N) is 2. The molecule has 1 aromatic carbocycles. The molecule has 7 nitrogen and oxygen atoms in total. The summed E-state index contributed by atoms with van der Waals surface area (Å²) in [5.74, 6) is -1.29. The van der Waals surface area contributed by atoms with E-state index in [4.69, 9.17) is 9.84 Å². The molecule has 0 aliphatic heterocycles. The zero-order chi connectivity index (χ0) is 14.5. The molecule has 1 amide bonds. The number of carboxylic acid groups (broad SMARTS) is 1. The first-order chi connectivity index (χ1) is 9.63. The number of ether oxygens (including phenoxy) is 1. The third kappa shape index (κ3) is 2.72. The fraction of sp³-hybridized carbons (Fsp3) is 0.0769. The molecule has 0 aliphatic carbocycles. The molecule has 7 heteroatoms. The molecule has 0 atom stereocenters. The molecule has 2 rings (SSSR count). The predicted octanol–water partition coefficient (Wildman–Crippen LogP) is 2.06. The molecule has 0 saturated carbocycles. The molecule has 0 saturated heterocycles. The number of fused-ring (bicyclic) bond motifs is 1. The van der Waals surface area contributed by atoms with E-state index < -0.39 is 12.1 Å². The lowest BCUT2D eigenvalue weighted by Gasteiger charge is -2.10. The van der Waals surface area contributed by atoms with E-state index in [2.05, 4.69) is 22.1 Å². The Labute approximate surface area is 113 Å². The van der Waals surface area contributed by atoms with Crippen LogP contribution in [0.4, 0.5) is 10.5 Å². The van der Waals surface area contributed by atoms with Crippen LogP contribution in [0.5, 0.6) is 0 Å². The number of amides is 1. The summed E-state index contributed by atoms with van der Waals surface area (Å²) in [7, 11) is 0. The Kier molecular flexibility index (Phi) is 3.90. The maximum absolute atomic E-state index is 11.6. The number of anilines is 1. The molecule has 0 unspecified atom stereocenters. The quantitative estimate of drug-likeness (QED) is 0.827. The average molecular weight is 273 g/mol. The van der Waals surface area contributed by atoms with Gasteiger partial charge in [0.1, 0.15) is 6.61 Å². The van der Waals surface area contributed by atoms with E-state index >= 15 is 0 Å². The Morgan fingerprint density at radius 3 is 2.80 bits per heavy atom. The normalized spacial score (nSPS) is 10.0. The molecule has 0 fully saturated rings. The number of rotatable bonds is 4. The molecule has 0 bridgehead atoms. The van der Waals surface area contributed by atoms with Crippen LogP contribution in [0.15, 0.2) is 36.9 Å². The van der Waals surface area contributed by atoms with Crippen LogP contribution in [0.1, 0.15) is 10.5 Å². The Morgan fingerprint density at radius 2 is 2.10 bits per heavy atom. The van der Waals surface area contributed by atoms with Crippen molar-refractivity contribution in [2.24, 2.45) is 0 Å². The van der Waals surface area contributed by atoms with Gasteiger partial charge in [0.05, 0.1) is 11.2 Å². The van der Waals surface area contributed by atoms with E-state index in [1.165, 1.54) is 6.08 Å².